The molecule has 118 valence electrons. The first-order valence-corrected chi connectivity index (χ1v) is 8.31. The van der Waals surface area contributed by atoms with Crippen molar-refractivity contribution in [2.45, 2.75) is 11.3 Å². The van der Waals surface area contributed by atoms with Crippen molar-refractivity contribution in [3.05, 3.63) is 54.1 Å². The van der Waals surface area contributed by atoms with Crippen LogP contribution in [0.25, 0.3) is 0 Å². The number of sulfonamides is 1. The third kappa shape index (κ3) is 3.99. The first-order valence-electron chi connectivity index (χ1n) is 6.82. The first kappa shape index (κ1) is 16.3. The van der Waals surface area contributed by atoms with E-state index < -0.39 is 10.0 Å². The second-order valence-electron chi connectivity index (χ2n) is 4.65. The molecule has 0 spiro atoms. The van der Waals surface area contributed by atoms with Gasteiger partial charge in [-0.25, -0.2) is 13.1 Å². The van der Waals surface area contributed by atoms with Gasteiger partial charge in [-0.2, -0.15) is 0 Å². The van der Waals surface area contributed by atoms with Crippen LogP contribution >= 0.6 is 0 Å². The number of hydrogen-bond acceptors (Lipinski definition) is 4. The molecule has 0 aliphatic heterocycles. The normalized spacial score (nSPS) is 11.2. The Morgan fingerprint density at radius 2 is 1.77 bits per heavy atom. The molecular formula is C16H19NO4S. The standard InChI is InChI=1S/C16H19NO4S/c1-20-14-7-5-6-13(12-14)10-11-17-22(18,19)16-9-4-3-8-15(16)21-2/h3-9,12,17H,10-11H2,1-2H3. The Balaban J connectivity index is 2.03. The molecule has 0 aliphatic rings. The molecule has 0 heterocycles. The molecule has 22 heavy (non-hydrogen) atoms. The second-order valence-corrected chi connectivity index (χ2v) is 6.39. The lowest BCUT2D eigenvalue weighted by molar-refractivity contribution is 0.402. The molecule has 0 aromatic heterocycles. The molecule has 0 fully saturated rings. The second kappa shape index (κ2) is 7.29. The summed E-state index contributed by atoms with van der Waals surface area (Å²) < 4.78 is 37.4. The number of nitrogens with one attached hydrogen (secondary N) is 1. The van der Waals surface area contributed by atoms with E-state index in [1.54, 1.807) is 25.3 Å². The number of ether oxygens (including phenoxy) is 2. The predicted molar refractivity (Wildman–Crippen MR) is 84.9 cm³/mol. The van der Waals surface area contributed by atoms with E-state index >= 15 is 0 Å². The Labute approximate surface area is 130 Å². The van der Waals surface area contributed by atoms with Gasteiger partial charge < -0.3 is 9.47 Å². The van der Waals surface area contributed by atoms with Crippen molar-refractivity contribution in [2.24, 2.45) is 0 Å². The van der Waals surface area contributed by atoms with Crippen molar-refractivity contribution in [1.29, 1.82) is 0 Å². The number of hydrogen-bond donors (Lipinski definition) is 1. The van der Waals surface area contributed by atoms with Gasteiger partial charge >= 0.3 is 0 Å². The molecule has 0 bridgehead atoms. The van der Waals surface area contributed by atoms with Crippen LogP contribution in [0, 0.1) is 0 Å². The molecule has 0 saturated carbocycles. The van der Waals surface area contributed by atoms with E-state index in [0.717, 1.165) is 11.3 Å². The van der Waals surface area contributed by atoms with Crippen LogP contribution in [0.1, 0.15) is 5.56 Å². The molecule has 1 N–H and O–H groups in total. The summed E-state index contributed by atoms with van der Waals surface area (Å²) >= 11 is 0. The average molecular weight is 321 g/mol. The van der Waals surface area contributed by atoms with E-state index in [-0.39, 0.29) is 4.90 Å². The van der Waals surface area contributed by atoms with Crippen LogP contribution in [-0.4, -0.2) is 29.2 Å². The van der Waals surface area contributed by atoms with E-state index in [1.165, 1.54) is 13.2 Å². The molecule has 0 atom stereocenters. The molecule has 0 aliphatic carbocycles. The predicted octanol–water partition coefficient (Wildman–Crippen LogP) is 2.22. The van der Waals surface area contributed by atoms with Gasteiger partial charge in [0.05, 0.1) is 14.2 Å². The molecule has 2 rings (SSSR count). The summed E-state index contributed by atoms with van der Waals surface area (Å²) in [7, 11) is -0.545. The van der Waals surface area contributed by atoms with Crippen molar-refractivity contribution in [2.75, 3.05) is 20.8 Å². The monoisotopic (exact) mass is 321 g/mol. The summed E-state index contributed by atoms with van der Waals surface area (Å²) in [4.78, 5) is 0.142. The van der Waals surface area contributed by atoms with Crippen LogP contribution in [0.2, 0.25) is 0 Å². The van der Waals surface area contributed by atoms with Crippen LogP contribution in [0.15, 0.2) is 53.4 Å². The largest absolute Gasteiger partial charge is 0.497 e. The highest BCUT2D eigenvalue weighted by Crippen LogP contribution is 2.22. The third-order valence-corrected chi connectivity index (χ3v) is 4.70. The van der Waals surface area contributed by atoms with Crippen molar-refractivity contribution in [1.82, 2.24) is 4.72 Å². The molecule has 6 heteroatoms. The summed E-state index contributed by atoms with van der Waals surface area (Å²) in [5, 5.41) is 0. The number of methoxy groups -OCH3 is 2. The smallest absolute Gasteiger partial charge is 0.244 e. The van der Waals surface area contributed by atoms with E-state index in [4.69, 9.17) is 9.47 Å². The number of benzene rings is 2. The lowest BCUT2D eigenvalue weighted by Gasteiger charge is -2.10. The highest BCUT2D eigenvalue weighted by molar-refractivity contribution is 7.89. The van der Waals surface area contributed by atoms with Crippen LogP contribution < -0.4 is 14.2 Å². The van der Waals surface area contributed by atoms with Gasteiger partial charge in [-0.1, -0.05) is 24.3 Å². The lowest BCUT2D eigenvalue weighted by Crippen LogP contribution is -2.26. The Bertz CT molecular complexity index is 728. The molecule has 0 saturated heterocycles. The van der Waals surface area contributed by atoms with Crippen LogP contribution in [0.4, 0.5) is 0 Å². The third-order valence-electron chi connectivity index (χ3n) is 3.20. The Hall–Kier alpha value is -2.05. The fraction of sp³-hybridized carbons (Fsp3) is 0.250. The number of para-hydroxylation sites is 1. The topological polar surface area (TPSA) is 64.6 Å². The van der Waals surface area contributed by atoms with Crippen LogP contribution in [0.5, 0.6) is 11.5 Å². The van der Waals surface area contributed by atoms with Crippen molar-refractivity contribution < 1.29 is 17.9 Å². The molecule has 5 nitrogen and oxygen atoms in total. The summed E-state index contributed by atoms with van der Waals surface area (Å²) in [5.41, 5.74) is 1.00. The van der Waals surface area contributed by atoms with Gasteiger partial charge in [0.1, 0.15) is 16.4 Å². The fourth-order valence-corrected chi connectivity index (χ4v) is 3.28. The highest BCUT2D eigenvalue weighted by atomic mass is 32.2. The van der Waals surface area contributed by atoms with Gasteiger partial charge in [0.2, 0.25) is 10.0 Å². The van der Waals surface area contributed by atoms with Gasteiger partial charge in [-0.05, 0) is 36.2 Å². The zero-order valence-corrected chi connectivity index (χ0v) is 13.4. The van der Waals surface area contributed by atoms with Crippen LogP contribution in [0.3, 0.4) is 0 Å². The molecule has 2 aromatic carbocycles. The first-order chi connectivity index (χ1) is 10.6. The van der Waals surface area contributed by atoms with Crippen molar-refractivity contribution in [3.63, 3.8) is 0 Å². The Morgan fingerprint density at radius 3 is 2.50 bits per heavy atom. The van der Waals surface area contributed by atoms with Gasteiger partial charge in [0.25, 0.3) is 0 Å². The number of rotatable bonds is 7. The summed E-state index contributed by atoms with van der Waals surface area (Å²) in [6, 6.07) is 14.1. The maximum Gasteiger partial charge on any atom is 0.244 e. The molecule has 0 radical (unpaired) electrons. The van der Waals surface area contributed by atoms with Crippen molar-refractivity contribution >= 4 is 10.0 Å². The van der Waals surface area contributed by atoms with E-state index in [2.05, 4.69) is 4.72 Å². The zero-order chi connectivity index (χ0) is 16.0. The minimum absolute atomic E-state index is 0.142. The quantitative estimate of drug-likeness (QED) is 0.849. The average Bonchev–Trinajstić information content (AvgIpc) is 2.55. The van der Waals surface area contributed by atoms with Gasteiger partial charge in [-0.3, -0.25) is 0 Å². The van der Waals surface area contributed by atoms with Gasteiger partial charge in [-0.15, -0.1) is 0 Å². The van der Waals surface area contributed by atoms with E-state index in [0.29, 0.717) is 18.7 Å². The molecule has 0 amide bonds. The minimum Gasteiger partial charge on any atom is -0.497 e. The summed E-state index contributed by atoms with van der Waals surface area (Å²) in [5.74, 6) is 1.08. The summed E-state index contributed by atoms with van der Waals surface area (Å²) in [6.45, 7) is 0.299. The fourth-order valence-electron chi connectivity index (χ4n) is 2.08. The minimum atomic E-state index is -3.60. The van der Waals surface area contributed by atoms with Gasteiger partial charge in [0.15, 0.2) is 0 Å². The van der Waals surface area contributed by atoms with E-state index in [1.807, 2.05) is 24.3 Å². The van der Waals surface area contributed by atoms with Crippen molar-refractivity contribution in [3.8, 4) is 11.5 Å². The van der Waals surface area contributed by atoms with Crippen LogP contribution in [-0.2, 0) is 16.4 Å². The lowest BCUT2D eigenvalue weighted by atomic mass is 10.1. The zero-order valence-electron chi connectivity index (χ0n) is 12.6. The maximum atomic E-state index is 12.3. The van der Waals surface area contributed by atoms with Gasteiger partial charge in [0, 0.05) is 6.54 Å². The molecule has 0 unspecified atom stereocenters. The summed E-state index contributed by atoms with van der Waals surface area (Å²) in [6.07, 6.45) is 0.575. The SMILES string of the molecule is COc1cccc(CCNS(=O)(=O)c2ccccc2OC)c1. The highest BCUT2D eigenvalue weighted by Gasteiger charge is 2.18. The Kier molecular flexibility index (Phi) is 5.41. The van der Waals surface area contributed by atoms with E-state index in [9.17, 15) is 8.42 Å². The maximum absolute atomic E-state index is 12.3. The molecule has 2 aromatic rings. The molecular weight excluding hydrogens is 302 g/mol. The Morgan fingerprint density at radius 1 is 1.00 bits per heavy atom.